The number of anilines is 1. The van der Waals surface area contributed by atoms with Crippen molar-refractivity contribution in [1.29, 1.82) is 0 Å². The van der Waals surface area contributed by atoms with E-state index in [4.69, 9.17) is 0 Å². The van der Waals surface area contributed by atoms with Crippen molar-refractivity contribution in [2.75, 3.05) is 18.0 Å². The van der Waals surface area contributed by atoms with E-state index in [1.54, 1.807) is 24.4 Å². The summed E-state index contributed by atoms with van der Waals surface area (Å²) in [5.74, 6) is 0.208. The number of amides is 3. The molecule has 1 aliphatic carbocycles. The van der Waals surface area contributed by atoms with Crippen molar-refractivity contribution in [2.45, 2.75) is 50.6 Å². The van der Waals surface area contributed by atoms with Gasteiger partial charge >= 0.3 is 0 Å². The first kappa shape index (κ1) is 19.7. The van der Waals surface area contributed by atoms with Crippen LogP contribution in [0, 0.1) is 0 Å². The molecule has 2 aromatic rings. The molecule has 0 radical (unpaired) electrons. The lowest BCUT2D eigenvalue weighted by Gasteiger charge is -2.29. The lowest BCUT2D eigenvalue weighted by Crippen LogP contribution is -2.40. The number of benzene rings is 1. The molecule has 1 saturated carbocycles. The fourth-order valence-electron chi connectivity index (χ4n) is 4.97. The molecular weight excluding hydrogens is 392 g/mol. The Morgan fingerprint density at radius 3 is 2.55 bits per heavy atom. The van der Waals surface area contributed by atoms with E-state index in [1.165, 1.54) is 4.90 Å². The maximum atomic E-state index is 13.0. The number of nitrogens with zero attached hydrogens (tertiary/aromatic N) is 3. The van der Waals surface area contributed by atoms with Crippen LogP contribution in [0.4, 0.5) is 5.82 Å². The molecule has 1 aromatic carbocycles. The standard InChI is InChI=1S/C24H26N4O3/c29-22(26-17-11-13-27(15-17)21-8-4-5-12-25-21)16-9-10-19-20(14-16)24(31)28(23(19)30)18-6-2-1-3-7-18/h4-5,8-10,12,14,17-18H,1-3,6-7,11,13,15H2,(H,26,29). The van der Waals surface area contributed by atoms with Gasteiger partial charge in [-0.05, 0) is 49.6 Å². The predicted octanol–water partition coefficient (Wildman–Crippen LogP) is 3.02. The highest BCUT2D eigenvalue weighted by Gasteiger charge is 2.40. The summed E-state index contributed by atoms with van der Waals surface area (Å²) in [6, 6.07) is 10.7. The van der Waals surface area contributed by atoms with Crippen LogP contribution >= 0.6 is 0 Å². The average molecular weight is 418 g/mol. The van der Waals surface area contributed by atoms with Gasteiger partial charge in [-0.15, -0.1) is 0 Å². The molecule has 3 aliphatic rings. The van der Waals surface area contributed by atoms with E-state index in [-0.39, 0.29) is 29.8 Å². The second-order valence-electron chi connectivity index (χ2n) is 8.63. The van der Waals surface area contributed by atoms with Crippen molar-refractivity contribution >= 4 is 23.5 Å². The summed E-state index contributed by atoms with van der Waals surface area (Å²) >= 11 is 0. The van der Waals surface area contributed by atoms with Gasteiger partial charge in [-0.25, -0.2) is 4.98 Å². The van der Waals surface area contributed by atoms with Gasteiger partial charge in [0, 0.05) is 36.9 Å². The van der Waals surface area contributed by atoms with Crippen molar-refractivity contribution in [3.05, 3.63) is 59.3 Å². The number of carbonyl (C=O) groups excluding carboxylic acids is 3. The molecule has 2 aliphatic heterocycles. The topological polar surface area (TPSA) is 82.6 Å². The monoisotopic (exact) mass is 418 g/mol. The smallest absolute Gasteiger partial charge is 0.261 e. The molecule has 3 heterocycles. The third-order valence-electron chi connectivity index (χ3n) is 6.62. The van der Waals surface area contributed by atoms with Crippen molar-refractivity contribution in [1.82, 2.24) is 15.2 Å². The van der Waals surface area contributed by atoms with Crippen molar-refractivity contribution in [3.8, 4) is 0 Å². The number of aromatic nitrogens is 1. The van der Waals surface area contributed by atoms with Crippen LogP contribution in [0.1, 0.15) is 69.6 Å². The van der Waals surface area contributed by atoms with Crippen LogP contribution in [0.15, 0.2) is 42.6 Å². The van der Waals surface area contributed by atoms with Crippen LogP contribution in [-0.2, 0) is 0 Å². The number of rotatable bonds is 4. The molecule has 3 amide bonds. The lowest BCUT2D eigenvalue weighted by atomic mass is 9.94. The van der Waals surface area contributed by atoms with Crippen LogP contribution in [0.3, 0.4) is 0 Å². The molecule has 1 atom stereocenters. The predicted molar refractivity (Wildman–Crippen MR) is 116 cm³/mol. The maximum absolute atomic E-state index is 13.0. The molecule has 7 nitrogen and oxygen atoms in total. The third kappa shape index (κ3) is 3.69. The summed E-state index contributed by atoms with van der Waals surface area (Å²) < 4.78 is 0. The number of fused-ring (bicyclic) bond motifs is 1. The Morgan fingerprint density at radius 2 is 1.77 bits per heavy atom. The van der Waals surface area contributed by atoms with Gasteiger partial charge in [0.15, 0.2) is 0 Å². The molecule has 31 heavy (non-hydrogen) atoms. The van der Waals surface area contributed by atoms with Crippen LogP contribution in [0.2, 0.25) is 0 Å². The third-order valence-corrected chi connectivity index (χ3v) is 6.62. The molecule has 1 unspecified atom stereocenters. The number of hydrogen-bond donors (Lipinski definition) is 1. The molecule has 0 spiro atoms. The Bertz CT molecular complexity index is 1020. The number of carbonyl (C=O) groups is 3. The van der Waals surface area contributed by atoms with Gasteiger partial charge in [-0.2, -0.15) is 0 Å². The summed E-state index contributed by atoms with van der Waals surface area (Å²) in [5, 5.41) is 3.07. The second kappa shape index (κ2) is 8.13. The summed E-state index contributed by atoms with van der Waals surface area (Å²) in [5.41, 5.74) is 1.18. The highest BCUT2D eigenvalue weighted by atomic mass is 16.2. The van der Waals surface area contributed by atoms with E-state index >= 15 is 0 Å². The number of nitrogens with one attached hydrogen (secondary N) is 1. The van der Waals surface area contributed by atoms with Crippen molar-refractivity contribution in [3.63, 3.8) is 0 Å². The Balaban J connectivity index is 1.27. The molecule has 5 rings (SSSR count). The average Bonchev–Trinajstić information content (AvgIpc) is 3.37. The fraction of sp³-hybridized carbons (Fsp3) is 0.417. The molecule has 7 heteroatoms. The maximum Gasteiger partial charge on any atom is 0.261 e. The molecule has 0 bridgehead atoms. The Labute approximate surface area is 181 Å². The minimum atomic E-state index is -0.260. The van der Waals surface area contributed by atoms with E-state index in [2.05, 4.69) is 15.2 Å². The van der Waals surface area contributed by atoms with Crippen molar-refractivity contribution in [2.24, 2.45) is 0 Å². The van der Waals surface area contributed by atoms with E-state index in [9.17, 15) is 14.4 Å². The Morgan fingerprint density at radius 1 is 0.968 bits per heavy atom. The van der Waals surface area contributed by atoms with Crippen LogP contribution in [0.5, 0.6) is 0 Å². The van der Waals surface area contributed by atoms with Gasteiger partial charge < -0.3 is 10.2 Å². The minimum Gasteiger partial charge on any atom is -0.354 e. The number of imide groups is 1. The van der Waals surface area contributed by atoms with Crippen LogP contribution < -0.4 is 10.2 Å². The van der Waals surface area contributed by atoms with E-state index in [1.807, 2.05) is 18.2 Å². The number of hydrogen-bond acceptors (Lipinski definition) is 5. The molecule has 160 valence electrons. The summed E-state index contributed by atoms with van der Waals surface area (Å²) in [6.45, 7) is 1.52. The molecular formula is C24H26N4O3. The van der Waals surface area contributed by atoms with Crippen LogP contribution in [-0.4, -0.2) is 52.8 Å². The first-order valence-electron chi connectivity index (χ1n) is 11.1. The minimum absolute atomic E-state index is 0.0128. The highest BCUT2D eigenvalue weighted by Crippen LogP contribution is 2.31. The molecule has 1 saturated heterocycles. The fourth-order valence-corrected chi connectivity index (χ4v) is 4.97. The second-order valence-corrected chi connectivity index (χ2v) is 8.63. The van der Waals surface area contributed by atoms with E-state index in [0.717, 1.165) is 50.9 Å². The van der Waals surface area contributed by atoms with E-state index < -0.39 is 0 Å². The van der Waals surface area contributed by atoms with Gasteiger partial charge in [0.05, 0.1) is 11.1 Å². The van der Waals surface area contributed by atoms with Crippen molar-refractivity contribution < 1.29 is 14.4 Å². The van der Waals surface area contributed by atoms with Gasteiger partial charge in [0.25, 0.3) is 17.7 Å². The summed E-state index contributed by atoms with van der Waals surface area (Å²) in [6.07, 6.45) is 7.58. The Kier molecular flexibility index (Phi) is 5.18. The molecule has 2 fully saturated rings. The normalized spacial score (nSPS) is 21.5. The quantitative estimate of drug-likeness (QED) is 0.772. The zero-order valence-corrected chi connectivity index (χ0v) is 17.4. The first-order chi connectivity index (χ1) is 15.1. The van der Waals surface area contributed by atoms with Gasteiger partial charge in [-0.3, -0.25) is 19.3 Å². The zero-order chi connectivity index (χ0) is 21.4. The van der Waals surface area contributed by atoms with Gasteiger partial charge in [-0.1, -0.05) is 25.3 Å². The summed E-state index contributed by atoms with van der Waals surface area (Å²) in [4.78, 5) is 46.6. The largest absolute Gasteiger partial charge is 0.354 e. The molecule has 1 N–H and O–H groups in total. The summed E-state index contributed by atoms with van der Waals surface area (Å²) in [7, 11) is 0. The highest BCUT2D eigenvalue weighted by molar-refractivity contribution is 6.22. The number of pyridine rings is 1. The van der Waals surface area contributed by atoms with E-state index in [0.29, 0.717) is 23.2 Å². The zero-order valence-electron chi connectivity index (χ0n) is 17.4. The van der Waals surface area contributed by atoms with Gasteiger partial charge in [0.1, 0.15) is 5.82 Å². The van der Waals surface area contributed by atoms with Crippen LogP contribution in [0.25, 0.3) is 0 Å². The SMILES string of the molecule is O=C(NC1CCN(c2ccccn2)C1)c1ccc2c(c1)C(=O)N(C1CCCCC1)C2=O. The van der Waals surface area contributed by atoms with Gasteiger partial charge in [0.2, 0.25) is 0 Å². The lowest BCUT2D eigenvalue weighted by molar-refractivity contribution is 0.0548. The Hall–Kier alpha value is -3.22. The first-order valence-corrected chi connectivity index (χ1v) is 11.1. The molecule has 1 aromatic heterocycles.